The Hall–Kier alpha value is -2.63. The zero-order valence-corrected chi connectivity index (χ0v) is 19.5. The fourth-order valence-electron chi connectivity index (χ4n) is 4.28. The molecule has 0 spiro atoms. The number of carbonyl (C=O) groups excluding carboxylic acids is 1. The highest BCUT2D eigenvalue weighted by Gasteiger charge is 2.24. The van der Waals surface area contributed by atoms with Crippen LogP contribution in [0.1, 0.15) is 36.8 Å². The lowest BCUT2D eigenvalue weighted by Gasteiger charge is -2.24. The van der Waals surface area contributed by atoms with E-state index in [1.807, 2.05) is 0 Å². The molecule has 1 fully saturated rings. The third-order valence-corrected chi connectivity index (χ3v) is 6.82. The van der Waals surface area contributed by atoms with Crippen molar-refractivity contribution in [3.8, 4) is 16.9 Å². The van der Waals surface area contributed by atoms with Crippen LogP contribution in [0.5, 0.6) is 5.75 Å². The van der Waals surface area contributed by atoms with Gasteiger partial charge in [-0.2, -0.15) is 11.3 Å². The highest BCUT2D eigenvalue weighted by atomic mass is 32.1. The lowest BCUT2D eigenvalue weighted by molar-refractivity contribution is -0.140. The van der Waals surface area contributed by atoms with Crippen LogP contribution < -0.4 is 4.74 Å². The normalized spacial score (nSPS) is 16.2. The Morgan fingerprint density at radius 2 is 1.78 bits per heavy atom. The Morgan fingerprint density at radius 1 is 1.03 bits per heavy atom. The van der Waals surface area contributed by atoms with Crippen LogP contribution >= 0.6 is 11.3 Å². The van der Waals surface area contributed by atoms with Crippen molar-refractivity contribution in [1.29, 1.82) is 0 Å². The maximum atomic E-state index is 11.3. The van der Waals surface area contributed by atoms with E-state index < -0.39 is 0 Å². The Bertz CT molecular complexity index is 967. The van der Waals surface area contributed by atoms with E-state index in [-0.39, 0.29) is 5.97 Å². The molecular formula is C27H31NO3S. The summed E-state index contributed by atoms with van der Waals surface area (Å²) in [6.45, 7) is 2.70. The van der Waals surface area contributed by atoms with Gasteiger partial charge in [-0.3, -0.25) is 9.69 Å². The molecule has 5 heteroatoms. The van der Waals surface area contributed by atoms with E-state index in [0.717, 1.165) is 38.1 Å². The first-order valence-electron chi connectivity index (χ1n) is 11.4. The first-order valence-corrected chi connectivity index (χ1v) is 12.3. The molecule has 0 amide bonds. The Kier molecular flexibility index (Phi) is 7.97. The molecule has 0 unspecified atom stereocenters. The summed E-state index contributed by atoms with van der Waals surface area (Å²) in [6.07, 6.45) is 4.58. The second-order valence-corrected chi connectivity index (χ2v) is 9.13. The third-order valence-electron chi connectivity index (χ3n) is 6.14. The number of methoxy groups -OCH3 is 1. The first-order chi connectivity index (χ1) is 15.7. The molecule has 1 atom stereocenters. The number of esters is 1. The third kappa shape index (κ3) is 6.21. The molecule has 4 nitrogen and oxygen atoms in total. The summed E-state index contributed by atoms with van der Waals surface area (Å²) < 4.78 is 10.8. The summed E-state index contributed by atoms with van der Waals surface area (Å²) in [5, 5.41) is 4.29. The lowest BCUT2D eigenvalue weighted by atomic mass is 10.0. The number of likely N-dealkylation sites (tertiary alicyclic amines) is 1. The molecule has 4 rings (SSSR count). The minimum atomic E-state index is -0.129. The van der Waals surface area contributed by atoms with Crippen molar-refractivity contribution in [2.45, 2.75) is 38.1 Å². The van der Waals surface area contributed by atoms with Crippen LogP contribution in [0.2, 0.25) is 0 Å². The minimum Gasteiger partial charge on any atom is -0.492 e. The second-order valence-electron chi connectivity index (χ2n) is 8.35. The monoisotopic (exact) mass is 449 g/mol. The SMILES string of the molecule is COC(=O)CCCN1CCC[C@@H]1COc1ccc(Cc2ccc(-c3ccsc3)cc2)cc1. The quantitative estimate of drug-likeness (QED) is 0.367. The summed E-state index contributed by atoms with van der Waals surface area (Å²) in [5.74, 6) is 0.790. The predicted octanol–water partition coefficient (Wildman–Crippen LogP) is 5.80. The van der Waals surface area contributed by atoms with Gasteiger partial charge in [-0.1, -0.05) is 36.4 Å². The molecule has 0 bridgehead atoms. The van der Waals surface area contributed by atoms with E-state index in [9.17, 15) is 4.79 Å². The van der Waals surface area contributed by atoms with Crippen molar-refractivity contribution >= 4 is 17.3 Å². The van der Waals surface area contributed by atoms with Crippen molar-refractivity contribution in [1.82, 2.24) is 4.90 Å². The smallest absolute Gasteiger partial charge is 0.305 e. The topological polar surface area (TPSA) is 38.8 Å². The highest BCUT2D eigenvalue weighted by molar-refractivity contribution is 7.08. The first kappa shape index (κ1) is 22.6. The molecule has 1 aliphatic heterocycles. The van der Waals surface area contributed by atoms with Crippen molar-refractivity contribution < 1.29 is 14.3 Å². The molecular weight excluding hydrogens is 418 g/mol. The summed E-state index contributed by atoms with van der Waals surface area (Å²) in [6, 6.07) is 19.9. The number of hydrogen-bond donors (Lipinski definition) is 0. The van der Waals surface area contributed by atoms with Crippen LogP contribution in [0.15, 0.2) is 65.4 Å². The molecule has 3 aromatic rings. The van der Waals surface area contributed by atoms with Gasteiger partial charge in [-0.15, -0.1) is 0 Å². The molecule has 2 heterocycles. The van der Waals surface area contributed by atoms with Gasteiger partial charge in [0.1, 0.15) is 12.4 Å². The molecule has 32 heavy (non-hydrogen) atoms. The fourth-order valence-corrected chi connectivity index (χ4v) is 4.95. The Balaban J connectivity index is 1.24. The van der Waals surface area contributed by atoms with Gasteiger partial charge in [0.2, 0.25) is 0 Å². The van der Waals surface area contributed by atoms with E-state index >= 15 is 0 Å². The fraction of sp³-hybridized carbons (Fsp3) is 0.370. The number of carbonyl (C=O) groups is 1. The van der Waals surface area contributed by atoms with E-state index in [1.54, 1.807) is 11.3 Å². The number of rotatable bonds is 10. The van der Waals surface area contributed by atoms with Crippen molar-refractivity contribution in [3.63, 3.8) is 0 Å². The number of hydrogen-bond acceptors (Lipinski definition) is 5. The largest absolute Gasteiger partial charge is 0.492 e. The van der Waals surface area contributed by atoms with Crippen molar-refractivity contribution in [3.05, 3.63) is 76.5 Å². The summed E-state index contributed by atoms with van der Waals surface area (Å²) in [5.41, 5.74) is 5.15. The average Bonchev–Trinajstić information content (AvgIpc) is 3.51. The zero-order valence-electron chi connectivity index (χ0n) is 18.7. The van der Waals surface area contributed by atoms with E-state index in [0.29, 0.717) is 19.1 Å². The molecule has 0 saturated carbocycles. The molecule has 0 N–H and O–H groups in total. The predicted molar refractivity (Wildman–Crippen MR) is 130 cm³/mol. The van der Waals surface area contributed by atoms with Crippen LogP contribution in [0.3, 0.4) is 0 Å². The van der Waals surface area contributed by atoms with Crippen LogP contribution in [0.4, 0.5) is 0 Å². The molecule has 0 aliphatic carbocycles. The maximum absolute atomic E-state index is 11.3. The summed E-state index contributed by atoms with van der Waals surface area (Å²) in [7, 11) is 1.45. The van der Waals surface area contributed by atoms with Gasteiger partial charge in [0.05, 0.1) is 7.11 Å². The van der Waals surface area contributed by atoms with Gasteiger partial charge in [-0.05, 0) is 90.0 Å². The number of ether oxygens (including phenoxy) is 2. The van der Waals surface area contributed by atoms with Crippen LogP contribution in [-0.4, -0.2) is 43.7 Å². The van der Waals surface area contributed by atoms with Crippen molar-refractivity contribution in [2.24, 2.45) is 0 Å². The summed E-state index contributed by atoms with van der Waals surface area (Å²) in [4.78, 5) is 13.8. The van der Waals surface area contributed by atoms with Gasteiger partial charge >= 0.3 is 5.97 Å². The van der Waals surface area contributed by atoms with Gasteiger partial charge in [0, 0.05) is 12.5 Å². The van der Waals surface area contributed by atoms with Gasteiger partial charge < -0.3 is 9.47 Å². The molecule has 0 radical (unpaired) electrons. The summed E-state index contributed by atoms with van der Waals surface area (Å²) >= 11 is 1.73. The maximum Gasteiger partial charge on any atom is 0.305 e. The highest BCUT2D eigenvalue weighted by Crippen LogP contribution is 2.24. The van der Waals surface area contributed by atoms with Crippen LogP contribution in [0.25, 0.3) is 11.1 Å². The molecule has 2 aromatic carbocycles. The zero-order chi connectivity index (χ0) is 22.2. The standard InChI is InChI=1S/C27H31NO3S/c1-30-27(29)5-3-16-28-15-2-4-25(28)19-31-26-12-8-22(9-13-26)18-21-6-10-23(11-7-21)24-14-17-32-20-24/h6-14,17,20,25H,2-5,15-16,18-19H2,1H3/t25-/m1/s1. The van der Waals surface area contributed by atoms with Crippen LogP contribution in [-0.2, 0) is 16.0 Å². The van der Waals surface area contributed by atoms with Gasteiger partial charge in [0.15, 0.2) is 0 Å². The molecule has 1 aromatic heterocycles. The van der Waals surface area contributed by atoms with Crippen molar-refractivity contribution in [2.75, 3.05) is 26.8 Å². The molecule has 168 valence electrons. The number of nitrogens with zero attached hydrogens (tertiary/aromatic N) is 1. The van der Waals surface area contributed by atoms with E-state index in [2.05, 4.69) is 70.3 Å². The second kappa shape index (κ2) is 11.3. The number of thiophene rings is 1. The lowest BCUT2D eigenvalue weighted by Crippen LogP contribution is -2.35. The minimum absolute atomic E-state index is 0.129. The average molecular weight is 450 g/mol. The van der Waals surface area contributed by atoms with E-state index in [1.165, 1.54) is 35.8 Å². The molecule has 1 aliphatic rings. The molecule has 1 saturated heterocycles. The van der Waals surface area contributed by atoms with Gasteiger partial charge in [-0.25, -0.2) is 0 Å². The Labute approximate surface area is 194 Å². The number of benzene rings is 2. The van der Waals surface area contributed by atoms with Crippen LogP contribution in [0, 0.1) is 0 Å². The Morgan fingerprint density at radius 3 is 2.47 bits per heavy atom. The van der Waals surface area contributed by atoms with Gasteiger partial charge in [0.25, 0.3) is 0 Å². The van der Waals surface area contributed by atoms with E-state index in [4.69, 9.17) is 9.47 Å².